The number of hydrogen-bond acceptors (Lipinski definition) is 3. The molecule has 0 aliphatic carbocycles. The van der Waals surface area contributed by atoms with Gasteiger partial charge in [0.05, 0.1) is 6.04 Å². The first-order valence-corrected chi connectivity index (χ1v) is 7.18. The Hall–Kier alpha value is -0.390. The molecular weight excluding hydrogens is 320 g/mol. The third-order valence-corrected chi connectivity index (χ3v) is 4.05. The molecule has 1 aromatic carbocycles. The Labute approximate surface area is 118 Å². The topological polar surface area (TPSA) is 38.0 Å². The van der Waals surface area contributed by atoms with Gasteiger partial charge >= 0.3 is 0 Å². The van der Waals surface area contributed by atoms with Crippen LogP contribution in [-0.4, -0.2) is 0 Å². The molecule has 0 saturated carbocycles. The molecular formula is C12H12BrClN2S. The predicted molar refractivity (Wildman–Crippen MR) is 77.2 cm³/mol. The fourth-order valence-electron chi connectivity index (χ4n) is 1.68. The van der Waals surface area contributed by atoms with E-state index in [1.165, 1.54) is 4.88 Å². The molecule has 1 atom stereocenters. The summed E-state index contributed by atoms with van der Waals surface area (Å²) in [5.41, 5.74) is 3.92. The summed E-state index contributed by atoms with van der Waals surface area (Å²) in [5, 5.41) is 2.78. The quantitative estimate of drug-likeness (QED) is 0.658. The van der Waals surface area contributed by atoms with Crippen molar-refractivity contribution in [1.82, 2.24) is 5.43 Å². The maximum atomic E-state index is 6.04. The monoisotopic (exact) mass is 330 g/mol. The number of nitrogens with two attached hydrogens (primary N) is 1. The first kappa shape index (κ1) is 13.1. The van der Waals surface area contributed by atoms with Crippen molar-refractivity contribution in [3.8, 4) is 0 Å². The molecule has 0 spiro atoms. The largest absolute Gasteiger partial charge is 0.271 e. The molecule has 0 bridgehead atoms. The van der Waals surface area contributed by atoms with Gasteiger partial charge < -0.3 is 0 Å². The van der Waals surface area contributed by atoms with E-state index in [0.29, 0.717) is 5.02 Å². The zero-order chi connectivity index (χ0) is 12.3. The standard InChI is InChI=1S/C12H12BrClN2S/c13-9-4-8(5-10(14)6-9)12(16-15)7-11-2-1-3-17-11/h1-6,12,16H,7,15H2. The van der Waals surface area contributed by atoms with Gasteiger partial charge in [0.25, 0.3) is 0 Å². The number of hydrogen-bond donors (Lipinski definition) is 2. The van der Waals surface area contributed by atoms with Crippen LogP contribution in [0, 0.1) is 0 Å². The molecule has 90 valence electrons. The SMILES string of the molecule is NNC(Cc1cccs1)c1cc(Cl)cc(Br)c1. The van der Waals surface area contributed by atoms with E-state index in [2.05, 4.69) is 32.8 Å². The normalized spacial score (nSPS) is 12.6. The molecule has 5 heteroatoms. The van der Waals surface area contributed by atoms with E-state index in [9.17, 15) is 0 Å². The highest BCUT2D eigenvalue weighted by molar-refractivity contribution is 9.10. The zero-order valence-electron chi connectivity index (χ0n) is 8.99. The van der Waals surface area contributed by atoms with Crippen LogP contribution in [0.15, 0.2) is 40.2 Å². The fraction of sp³-hybridized carbons (Fsp3) is 0.167. The van der Waals surface area contributed by atoms with Gasteiger partial charge in [-0.25, -0.2) is 0 Å². The number of hydrazine groups is 1. The summed E-state index contributed by atoms with van der Waals surface area (Å²) in [6.07, 6.45) is 0.862. The van der Waals surface area contributed by atoms with E-state index in [-0.39, 0.29) is 6.04 Å². The minimum atomic E-state index is 0.0728. The van der Waals surface area contributed by atoms with Crippen LogP contribution in [0.2, 0.25) is 5.02 Å². The summed E-state index contributed by atoms with van der Waals surface area (Å²) >= 11 is 11.2. The molecule has 0 fully saturated rings. The molecule has 0 amide bonds. The summed E-state index contributed by atoms with van der Waals surface area (Å²) in [7, 11) is 0. The van der Waals surface area contributed by atoms with Crippen molar-refractivity contribution in [2.45, 2.75) is 12.5 Å². The van der Waals surface area contributed by atoms with Crippen LogP contribution in [0.25, 0.3) is 0 Å². The van der Waals surface area contributed by atoms with E-state index in [0.717, 1.165) is 16.5 Å². The molecule has 2 rings (SSSR count). The Morgan fingerprint density at radius 1 is 1.41 bits per heavy atom. The predicted octanol–water partition coefficient (Wildman–Crippen LogP) is 3.91. The summed E-state index contributed by atoms with van der Waals surface area (Å²) in [6.45, 7) is 0. The number of rotatable bonds is 4. The molecule has 2 aromatic rings. The van der Waals surface area contributed by atoms with Crippen molar-refractivity contribution >= 4 is 38.9 Å². The lowest BCUT2D eigenvalue weighted by atomic mass is 10.0. The van der Waals surface area contributed by atoms with Crippen molar-refractivity contribution in [3.05, 3.63) is 55.6 Å². The molecule has 0 aliphatic heterocycles. The van der Waals surface area contributed by atoms with Gasteiger partial charge in [0.1, 0.15) is 0 Å². The maximum Gasteiger partial charge on any atom is 0.0509 e. The third kappa shape index (κ3) is 3.53. The average molecular weight is 332 g/mol. The number of thiophene rings is 1. The number of benzene rings is 1. The molecule has 1 unspecified atom stereocenters. The summed E-state index contributed by atoms with van der Waals surface area (Å²) < 4.78 is 0.964. The average Bonchev–Trinajstić information content (AvgIpc) is 2.77. The van der Waals surface area contributed by atoms with Crippen LogP contribution in [0.4, 0.5) is 0 Å². The Morgan fingerprint density at radius 3 is 2.82 bits per heavy atom. The van der Waals surface area contributed by atoms with Crippen LogP contribution in [0.5, 0.6) is 0 Å². The van der Waals surface area contributed by atoms with Gasteiger partial charge in [0, 0.05) is 20.8 Å². The number of nitrogens with one attached hydrogen (secondary N) is 1. The second-order valence-electron chi connectivity index (χ2n) is 3.71. The van der Waals surface area contributed by atoms with Gasteiger partial charge in [-0.2, -0.15) is 0 Å². The van der Waals surface area contributed by atoms with E-state index >= 15 is 0 Å². The first-order chi connectivity index (χ1) is 8.19. The Bertz CT molecular complexity index is 467. The Kier molecular flexibility index (Phi) is 4.59. The van der Waals surface area contributed by atoms with Crippen molar-refractivity contribution in [2.75, 3.05) is 0 Å². The van der Waals surface area contributed by atoms with Crippen molar-refractivity contribution in [2.24, 2.45) is 5.84 Å². The summed E-state index contributed by atoms with van der Waals surface area (Å²) in [5.74, 6) is 5.62. The van der Waals surface area contributed by atoms with Gasteiger partial charge in [-0.15, -0.1) is 11.3 Å². The van der Waals surface area contributed by atoms with E-state index < -0.39 is 0 Å². The Balaban J connectivity index is 2.22. The lowest BCUT2D eigenvalue weighted by Gasteiger charge is -2.16. The van der Waals surface area contributed by atoms with Crippen LogP contribution >= 0.6 is 38.9 Å². The molecule has 1 heterocycles. The third-order valence-electron chi connectivity index (χ3n) is 2.47. The van der Waals surface area contributed by atoms with Crippen molar-refractivity contribution in [3.63, 3.8) is 0 Å². The van der Waals surface area contributed by atoms with Crippen molar-refractivity contribution < 1.29 is 0 Å². The van der Waals surface area contributed by atoms with Gasteiger partial charge in [0.2, 0.25) is 0 Å². The van der Waals surface area contributed by atoms with Crippen LogP contribution in [-0.2, 0) is 6.42 Å². The van der Waals surface area contributed by atoms with E-state index in [4.69, 9.17) is 17.4 Å². The molecule has 0 saturated heterocycles. The van der Waals surface area contributed by atoms with Crippen molar-refractivity contribution in [1.29, 1.82) is 0 Å². The van der Waals surface area contributed by atoms with Gasteiger partial charge in [-0.1, -0.05) is 33.6 Å². The summed E-state index contributed by atoms with van der Waals surface area (Å²) in [6, 6.07) is 10.1. The first-order valence-electron chi connectivity index (χ1n) is 5.13. The maximum absolute atomic E-state index is 6.04. The lowest BCUT2D eigenvalue weighted by Crippen LogP contribution is -2.29. The highest BCUT2D eigenvalue weighted by Crippen LogP contribution is 2.26. The molecule has 3 N–H and O–H groups in total. The summed E-state index contributed by atoms with van der Waals surface area (Å²) in [4.78, 5) is 1.30. The molecule has 2 nitrogen and oxygen atoms in total. The van der Waals surface area contributed by atoms with E-state index in [1.54, 1.807) is 11.3 Å². The minimum absolute atomic E-state index is 0.0728. The molecule has 0 radical (unpaired) electrons. The smallest absolute Gasteiger partial charge is 0.0509 e. The van der Waals surface area contributed by atoms with Gasteiger partial charge in [-0.05, 0) is 35.2 Å². The second kappa shape index (κ2) is 5.98. The van der Waals surface area contributed by atoms with Gasteiger partial charge in [0.15, 0.2) is 0 Å². The number of halogens is 2. The highest BCUT2D eigenvalue weighted by atomic mass is 79.9. The molecule has 17 heavy (non-hydrogen) atoms. The van der Waals surface area contributed by atoms with Crippen LogP contribution in [0.1, 0.15) is 16.5 Å². The van der Waals surface area contributed by atoms with Crippen LogP contribution < -0.4 is 11.3 Å². The highest BCUT2D eigenvalue weighted by Gasteiger charge is 2.12. The Morgan fingerprint density at radius 2 is 2.24 bits per heavy atom. The lowest BCUT2D eigenvalue weighted by molar-refractivity contribution is 0.555. The molecule has 1 aromatic heterocycles. The fourth-order valence-corrected chi connectivity index (χ4v) is 3.32. The second-order valence-corrected chi connectivity index (χ2v) is 6.09. The van der Waals surface area contributed by atoms with E-state index in [1.807, 2.05) is 24.3 Å². The van der Waals surface area contributed by atoms with Crippen LogP contribution in [0.3, 0.4) is 0 Å². The van der Waals surface area contributed by atoms with Gasteiger partial charge in [-0.3, -0.25) is 11.3 Å². The zero-order valence-corrected chi connectivity index (χ0v) is 12.1. The minimum Gasteiger partial charge on any atom is -0.271 e. The molecule has 0 aliphatic rings.